The van der Waals surface area contributed by atoms with Gasteiger partial charge in [0.1, 0.15) is 5.75 Å². The average molecular weight is 416 g/mol. The summed E-state index contributed by atoms with van der Waals surface area (Å²) in [6.45, 7) is 3.09. The van der Waals surface area contributed by atoms with Crippen LogP contribution in [0.3, 0.4) is 0 Å². The van der Waals surface area contributed by atoms with E-state index in [-0.39, 0.29) is 5.92 Å². The van der Waals surface area contributed by atoms with Gasteiger partial charge in [-0.25, -0.2) is 0 Å². The van der Waals surface area contributed by atoms with Crippen molar-refractivity contribution in [1.29, 1.82) is 0 Å². The predicted molar refractivity (Wildman–Crippen MR) is 127 cm³/mol. The molecule has 1 fully saturated rings. The Hall–Kier alpha value is -2.62. The Labute approximate surface area is 186 Å². The number of ether oxygens (including phenoxy) is 1. The Bertz CT molecular complexity index is 920. The van der Waals surface area contributed by atoms with E-state index in [1.165, 1.54) is 24.0 Å². The second kappa shape index (κ2) is 10.1. The third kappa shape index (κ3) is 5.17. The second-order valence-corrected chi connectivity index (χ2v) is 8.61. The van der Waals surface area contributed by atoms with E-state index in [0.29, 0.717) is 6.42 Å². The topological polar surface area (TPSA) is 32.7 Å². The summed E-state index contributed by atoms with van der Waals surface area (Å²) < 4.78 is 5.37. The predicted octanol–water partition coefficient (Wildman–Crippen LogP) is 5.40. The molecule has 3 aromatic carbocycles. The van der Waals surface area contributed by atoms with Gasteiger partial charge in [-0.15, -0.1) is 0 Å². The number of aliphatic hydroxyl groups is 1. The molecule has 1 N–H and O–H groups in total. The van der Waals surface area contributed by atoms with Crippen molar-refractivity contribution in [2.24, 2.45) is 0 Å². The number of likely N-dealkylation sites (tertiary alicyclic amines) is 1. The van der Waals surface area contributed by atoms with Crippen molar-refractivity contribution in [3.63, 3.8) is 0 Å². The molecule has 1 aliphatic heterocycles. The van der Waals surface area contributed by atoms with E-state index < -0.39 is 5.60 Å². The molecule has 31 heavy (non-hydrogen) atoms. The Balaban J connectivity index is 1.72. The Morgan fingerprint density at radius 3 is 2.10 bits per heavy atom. The molecule has 0 spiro atoms. The summed E-state index contributed by atoms with van der Waals surface area (Å²) in [6, 6.07) is 29.0. The first kappa shape index (κ1) is 21.6. The maximum Gasteiger partial charge on any atom is 0.118 e. The lowest BCUT2D eigenvalue weighted by Gasteiger charge is -2.39. The number of benzene rings is 3. The van der Waals surface area contributed by atoms with Crippen LogP contribution in [0, 0.1) is 0 Å². The highest BCUT2D eigenvalue weighted by atomic mass is 16.5. The monoisotopic (exact) mass is 415 g/mol. The van der Waals surface area contributed by atoms with Crippen LogP contribution in [0.5, 0.6) is 5.75 Å². The van der Waals surface area contributed by atoms with Gasteiger partial charge in [-0.2, -0.15) is 0 Å². The first-order chi connectivity index (χ1) is 15.2. The summed E-state index contributed by atoms with van der Waals surface area (Å²) in [6.07, 6.45) is 3.97. The van der Waals surface area contributed by atoms with Crippen LogP contribution in [0.25, 0.3) is 0 Å². The van der Waals surface area contributed by atoms with Crippen LogP contribution in [-0.2, 0) is 12.0 Å². The van der Waals surface area contributed by atoms with Crippen molar-refractivity contribution in [3.05, 3.63) is 102 Å². The molecule has 0 aromatic heterocycles. The Kier molecular flexibility index (Phi) is 7.06. The van der Waals surface area contributed by atoms with Crippen LogP contribution in [0.4, 0.5) is 0 Å². The van der Waals surface area contributed by atoms with Crippen molar-refractivity contribution in [2.45, 2.75) is 37.2 Å². The number of rotatable bonds is 9. The van der Waals surface area contributed by atoms with Crippen molar-refractivity contribution in [1.82, 2.24) is 4.90 Å². The lowest BCUT2D eigenvalue weighted by Crippen LogP contribution is -2.41. The Morgan fingerprint density at radius 2 is 1.48 bits per heavy atom. The first-order valence-corrected chi connectivity index (χ1v) is 11.4. The van der Waals surface area contributed by atoms with Crippen molar-refractivity contribution in [3.8, 4) is 5.75 Å². The zero-order valence-electron chi connectivity index (χ0n) is 18.4. The quantitative estimate of drug-likeness (QED) is 0.508. The van der Waals surface area contributed by atoms with Gasteiger partial charge in [-0.05, 0) is 67.6 Å². The van der Waals surface area contributed by atoms with Gasteiger partial charge in [0.25, 0.3) is 0 Å². The SMILES string of the molecule is COc1ccc(C(O)(CCc2ccccc2)C(CN2CCCC2)c2ccccc2)cc1. The minimum absolute atomic E-state index is 0.0103. The van der Waals surface area contributed by atoms with Crippen LogP contribution in [0.15, 0.2) is 84.9 Å². The number of hydrogen-bond acceptors (Lipinski definition) is 3. The Morgan fingerprint density at radius 1 is 0.871 bits per heavy atom. The fraction of sp³-hybridized carbons (Fsp3) is 0.357. The summed E-state index contributed by atoms with van der Waals surface area (Å²) in [5.74, 6) is 0.800. The molecule has 3 heteroatoms. The standard InChI is InChI=1S/C28H33NO2/c1-31-26-16-14-25(15-17-26)28(30,19-18-23-10-4-2-5-11-23)27(22-29-20-8-9-21-29)24-12-6-3-7-13-24/h2-7,10-17,27,30H,8-9,18-22H2,1H3. The van der Waals surface area contributed by atoms with E-state index in [2.05, 4.69) is 53.4 Å². The molecule has 1 aliphatic rings. The molecule has 2 unspecified atom stereocenters. The van der Waals surface area contributed by atoms with Gasteiger partial charge in [-0.1, -0.05) is 72.8 Å². The average Bonchev–Trinajstić information content (AvgIpc) is 3.36. The maximum atomic E-state index is 12.4. The van der Waals surface area contributed by atoms with Crippen LogP contribution in [0.1, 0.15) is 41.9 Å². The number of nitrogens with zero attached hydrogens (tertiary/aromatic N) is 1. The normalized spacial score (nSPS) is 17.2. The maximum absolute atomic E-state index is 12.4. The van der Waals surface area contributed by atoms with Gasteiger partial charge in [0.2, 0.25) is 0 Å². The molecule has 0 aliphatic carbocycles. The largest absolute Gasteiger partial charge is 0.497 e. The van der Waals surface area contributed by atoms with E-state index in [4.69, 9.17) is 4.74 Å². The van der Waals surface area contributed by atoms with Gasteiger partial charge in [0, 0.05) is 12.5 Å². The molecule has 0 saturated carbocycles. The number of hydrogen-bond donors (Lipinski definition) is 1. The molecule has 162 valence electrons. The first-order valence-electron chi connectivity index (χ1n) is 11.4. The molecule has 0 bridgehead atoms. The molecule has 1 heterocycles. The van der Waals surface area contributed by atoms with E-state index >= 15 is 0 Å². The molecule has 0 amide bonds. The zero-order valence-corrected chi connectivity index (χ0v) is 18.4. The number of methoxy groups -OCH3 is 1. The minimum Gasteiger partial charge on any atom is -0.497 e. The van der Waals surface area contributed by atoms with E-state index in [9.17, 15) is 5.11 Å². The summed E-state index contributed by atoms with van der Waals surface area (Å²) in [5, 5.41) is 12.4. The fourth-order valence-corrected chi connectivity index (χ4v) is 4.82. The van der Waals surface area contributed by atoms with Crippen LogP contribution in [0.2, 0.25) is 0 Å². The van der Waals surface area contributed by atoms with Crippen LogP contribution >= 0.6 is 0 Å². The lowest BCUT2D eigenvalue weighted by molar-refractivity contribution is -0.0109. The van der Waals surface area contributed by atoms with Crippen molar-refractivity contribution < 1.29 is 9.84 Å². The highest BCUT2D eigenvalue weighted by Gasteiger charge is 2.40. The summed E-state index contributed by atoms with van der Waals surface area (Å²) in [7, 11) is 1.68. The van der Waals surface area contributed by atoms with E-state index in [1.54, 1.807) is 7.11 Å². The van der Waals surface area contributed by atoms with Gasteiger partial charge >= 0.3 is 0 Å². The molecule has 3 nitrogen and oxygen atoms in total. The van der Waals surface area contributed by atoms with E-state index in [1.807, 2.05) is 36.4 Å². The zero-order chi connectivity index (χ0) is 21.5. The second-order valence-electron chi connectivity index (χ2n) is 8.61. The number of aryl methyl sites for hydroxylation is 1. The third-order valence-corrected chi connectivity index (χ3v) is 6.65. The molecule has 1 saturated heterocycles. The molecular weight excluding hydrogens is 382 g/mol. The minimum atomic E-state index is -0.980. The summed E-state index contributed by atoms with van der Waals surface area (Å²) in [4.78, 5) is 2.51. The van der Waals surface area contributed by atoms with Crippen LogP contribution < -0.4 is 4.74 Å². The van der Waals surface area contributed by atoms with Gasteiger partial charge in [0.05, 0.1) is 12.7 Å². The summed E-state index contributed by atoms with van der Waals surface area (Å²) >= 11 is 0. The third-order valence-electron chi connectivity index (χ3n) is 6.65. The molecule has 4 rings (SSSR count). The molecular formula is C28H33NO2. The van der Waals surface area contributed by atoms with Gasteiger partial charge < -0.3 is 14.7 Å². The molecule has 0 radical (unpaired) electrons. The van der Waals surface area contributed by atoms with Crippen LogP contribution in [-0.4, -0.2) is 36.8 Å². The van der Waals surface area contributed by atoms with Gasteiger partial charge in [-0.3, -0.25) is 0 Å². The van der Waals surface area contributed by atoms with Gasteiger partial charge in [0.15, 0.2) is 0 Å². The lowest BCUT2D eigenvalue weighted by atomic mass is 9.73. The molecule has 3 aromatic rings. The van der Waals surface area contributed by atoms with Crippen molar-refractivity contribution in [2.75, 3.05) is 26.7 Å². The molecule has 2 atom stereocenters. The highest BCUT2D eigenvalue weighted by molar-refractivity contribution is 5.36. The fourth-order valence-electron chi connectivity index (χ4n) is 4.82. The highest BCUT2D eigenvalue weighted by Crippen LogP contribution is 2.42. The smallest absolute Gasteiger partial charge is 0.118 e. The summed E-state index contributed by atoms with van der Waals surface area (Å²) in [5.41, 5.74) is 2.42. The van der Waals surface area contributed by atoms with Crippen molar-refractivity contribution >= 4 is 0 Å². The van der Waals surface area contributed by atoms with E-state index in [0.717, 1.165) is 37.4 Å².